The number of nitrogens with zero attached hydrogens (tertiary/aromatic N) is 1. The second-order valence-corrected chi connectivity index (χ2v) is 9.13. The van der Waals surface area contributed by atoms with Crippen LogP contribution in [0.1, 0.15) is 6.92 Å². The summed E-state index contributed by atoms with van der Waals surface area (Å²) in [4.78, 5) is 16.6. The number of alkyl halides is 1. The van der Waals surface area contributed by atoms with Gasteiger partial charge in [0, 0.05) is 29.8 Å². The van der Waals surface area contributed by atoms with E-state index in [1.54, 1.807) is 30.5 Å². The highest BCUT2D eigenvalue weighted by Crippen LogP contribution is 2.38. The Hall–Kier alpha value is -3.63. The van der Waals surface area contributed by atoms with Gasteiger partial charge in [0.2, 0.25) is 0 Å². The molecule has 36 heavy (non-hydrogen) atoms. The van der Waals surface area contributed by atoms with Crippen LogP contribution in [0, 0.1) is 11.6 Å². The van der Waals surface area contributed by atoms with Crippen LogP contribution >= 0.6 is 27.5 Å². The molecule has 7 nitrogen and oxygen atoms in total. The van der Waals surface area contributed by atoms with Crippen LogP contribution in [-0.2, 0) is 0 Å². The third-order valence-electron chi connectivity index (χ3n) is 4.87. The summed E-state index contributed by atoms with van der Waals surface area (Å²) in [6.07, 6.45) is 1.60. The highest BCUT2D eigenvalue weighted by atomic mass is 79.9. The molecule has 4 aromatic rings. The number of carbonyl (C=O) groups is 1. The Morgan fingerprint density at radius 1 is 1.00 bits per heavy atom. The Labute approximate surface area is 218 Å². The Morgan fingerprint density at radius 3 is 2.44 bits per heavy atom. The van der Waals surface area contributed by atoms with Gasteiger partial charge in [-0.25, -0.2) is 13.6 Å². The molecule has 186 valence electrons. The summed E-state index contributed by atoms with van der Waals surface area (Å²) in [6.45, 7) is 1.84. The number of nitrogens with one attached hydrogen (secondary N) is 2. The van der Waals surface area contributed by atoms with Gasteiger partial charge in [0.1, 0.15) is 23.1 Å². The number of fused-ring (bicyclic) bond motifs is 1. The number of hydrogen-bond donors (Lipinski definition) is 2. The average molecular weight is 579 g/mol. The summed E-state index contributed by atoms with van der Waals surface area (Å²) in [5, 5.41) is 5.45. The number of carbonyl (C=O) groups excluding carboxylic acids is 1. The maximum Gasteiger partial charge on any atom is 0.323 e. The third-order valence-corrected chi connectivity index (χ3v) is 5.37. The van der Waals surface area contributed by atoms with E-state index in [0.29, 0.717) is 40.0 Å². The van der Waals surface area contributed by atoms with E-state index < -0.39 is 17.7 Å². The third kappa shape index (κ3) is 5.95. The first kappa shape index (κ1) is 25.5. The van der Waals surface area contributed by atoms with E-state index in [2.05, 4.69) is 31.5 Å². The molecule has 2 amide bonds. The lowest BCUT2D eigenvalue weighted by molar-refractivity contribution is 0.262. The smallest absolute Gasteiger partial charge is 0.323 e. The van der Waals surface area contributed by atoms with Crippen molar-refractivity contribution in [3.8, 4) is 23.0 Å². The van der Waals surface area contributed by atoms with Crippen LogP contribution in [0.3, 0.4) is 0 Å². The number of hydrogen-bond acceptors (Lipinski definition) is 5. The topological polar surface area (TPSA) is 81.7 Å². The summed E-state index contributed by atoms with van der Waals surface area (Å²) < 4.78 is 44.0. The first-order valence-electron chi connectivity index (χ1n) is 10.5. The molecule has 1 heterocycles. The van der Waals surface area contributed by atoms with E-state index in [-0.39, 0.29) is 21.4 Å². The fourth-order valence-corrected chi connectivity index (χ4v) is 3.72. The Kier molecular flexibility index (Phi) is 7.76. The summed E-state index contributed by atoms with van der Waals surface area (Å²) in [6, 6.07) is 11.9. The van der Waals surface area contributed by atoms with Gasteiger partial charge < -0.3 is 24.8 Å². The zero-order valence-corrected chi connectivity index (χ0v) is 21.3. The molecular weight excluding hydrogens is 560 g/mol. The van der Waals surface area contributed by atoms with Gasteiger partial charge in [0.25, 0.3) is 0 Å². The molecule has 1 aromatic heterocycles. The largest absolute Gasteiger partial charge is 0.493 e. The zero-order valence-electron chi connectivity index (χ0n) is 18.9. The molecule has 1 atom stereocenters. The molecule has 2 N–H and O–H groups in total. The van der Waals surface area contributed by atoms with Crippen molar-refractivity contribution in [3.63, 3.8) is 0 Å². The number of benzene rings is 3. The van der Waals surface area contributed by atoms with E-state index in [0.717, 1.165) is 12.1 Å². The molecule has 1 unspecified atom stereocenters. The summed E-state index contributed by atoms with van der Waals surface area (Å²) in [7, 11) is 1.54. The normalized spacial score (nSPS) is 11.6. The number of pyridine rings is 1. The SMILES string of the molecule is COc1cc2c(Oc3ccc(NC(=O)Nc4ccc(F)cc4F)c(Cl)c3)ccnc2cc1OC(C)Br. The molecule has 0 aliphatic rings. The van der Waals surface area contributed by atoms with Crippen LogP contribution in [0.15, 0.2) is 60.8 Å². The maximum atomic E-state index is 13.8. The van der Waals surface area contributed by atoms with Gasteiger partial charge in [0.15, 0.2) is 16.5 Å². The number of urea groups is 1. The van der Waals surface area contributed by atoms with Crippen LogP contribution in [0.4, 0.5) is 25.0 Å². The molecule has 0 aliphatic carbocycles. The molecule has 0 fully saturated rings. The Balaban J connectivity index is 1.52. The second kappa shape index (κ2) is 11.0. The van der Waals surface area contributed by atoms with Gasteiger partial charge in [-0.2, -0.15) is 0 Å². The van der Waals surface area contributed by atoms with Crippen molar-refractivity contribution in [1.82, 2.24) is 4.98 Å². The second-order valence-electron chi connectivity index (χ2n) is 7.44. The standard InChI is InChI=1S/C25H19BrClF2N3O4/c1-13(26)35-24-12-21-16(11-23(24)34-2)22(7-8-30-21)36-15-4-6-19(17(27)10-15)31-25(33)32-20-5-3-14(28)9-18(20)29/h3-13H,1-2H3,(H2,31,32,33). The fourth-order valence-electron chi connectivity index (χ4n) is 3.30. The first-order valence-corrected chi connectivity index (χ1v) is 11.8. The monoisotopic (exact) mass is 577 g/mol. The minimum atomic E-state index is -0.901. The minimum absolute atomic E-state index is 0.177. The molecular formula is C25H19BrClF2N3O4. The molecule has 0 saturated carbocycles. The van der Waals surface area contributed by atoms with Gasteiger partial charge in [-0.1, -0.05) is 11.6 Å². The fraction of sp³-hybridized carbons (Fsp3) is 0.120. The molecule has 11 heteroatoms. The average Bonchev–Trinajstić information content (AvgIpc) is 2.82. The molecule has 0 bridgehead atoms. The van der Waals surface area contributed by atoms with Crippen LogP contribution in [0.5, 0.6) is 23.0 Å². The van der Waals surface area contributed by atoms with Gasteiger partial charge >= 0.3 is 6.03 Å². The molecule has 0 saturated heterocycles. The summed E-state index contributed by atoms with van der Waals surface area (Å²) >= 11 is 9.68. The van der Waals surface area contributed by atoms with Crippen molar-refractivity contribution < 1.29 is 27.8 Å². The molecule has 3 aromatic carbocycles. The van der Waals surface area contributed by atoms with Crippen LogP contribution < -0.4 is 24.8 Å². The van der Waals surface area contributed by atoms with Crippen LogP contribution in [0.2, 0.25) is 5.02 Å². The van der Waals surface area contributed by atoms with E-state index in [1.807, 2.05) is 6.92 Å². The maximum absolute atomic E-state index is 13.8. The lowest BCUT2D eigenvalue weighted by Gasteiger charge is -2.15. The van der Waals surface area contributed by atoms with Crippen LogP contribution in [-0.4, -0.2) is 23.1 Å². The number of ether oxygens (including phenoxy) is 3. The van der Waals surface area contributed by atoms with Gasteiger partial charge in [-0.05, 0) is 59.3 Å². The van der Waals surface area contributed by atoms with E-state index in [4.69, 9.17) is 25.8 Å². The van der Waals surface area contributed by atoms with Gasteiger partial charge in [-0.3, -0.25) is 4.98 Å². The predicted octanol–water partition coefficient (Wildman–Crippen LogP) is 7.73. The van der Waals surface area contributed by atoms with Gasteiger partial charge in [0.05, 0.1) is 29.0 Å². The lowest BCUT2D eigenvalue weighted by atomic mass is 10.2. The zero-order chi connectivity index (χ0) is 25.8. The summed E-state index contributed by atoms with van der Waals surface area (Å²) in [5.41, 5.74) is 0.714. The lowest BCUT2D eigenvalue weighted by Crippen LogP contribution is -2.20. The minimum Gasteiger partial charge on any atom is -0.493 e. The number of aromatic nitrogens is 1. The first-order chi connectivity index (χ1) is 17.2. The van der Waals surface area contributed by atoms with Crippen LogP contribution in [0.25, 0.3) is 10.9 Å². The molecule has 0 aliphatic heterocycles. The van der Waals surface area contributed by atoms with Crippen molar-refractivity contribution in [2.75, 3.05) is 17.7 Å². The van der Waals surface area contributed by atoms with Crippen molar-refractivity contribution in [1.29, 1.82) is 0 Å². The molecule has 0 radical (unpaired) electrons. The number of methoxy groups -OCH3 is 1. The van der Waals surface area contributed by atoms with Crippen molar-refractivity contribution in [3.05, 3.63) is 77.5 Å². The molecule has 4 rings (SSSR count). The van der Waals surface area contributed by atoms with Gasteiger partial charge in [-0.15, -0.1) is 0 Å². The number of amides is 2. The van der Waals surface area contributed by atoms with E-state index in [9.17, 15) is 13.6 Å². The Morgan fingerprint density at radius 2 is 1.75 bits per heavy atom. The Bertz CT molecular complexity index is 1440. The summed E-state index contributed by atoms with van der Waals surface area (Å²) in [5.74, 6) is 0.278. The highest BCUT2D eigenvalue weighted by Gasteiger charge is 2.15. The van der Waals surface area contributed by atoms with E-state index >= 15 is 0 Å². The van der Waals surface area contributed by atoms with Crippen molar-refractivity contribution >= 4 is 55.8 Å². The number of halogens is 4. The van der Waals surface area contributed by atoms with Crippen molar-refractivity contribution in [2.45, 2.75) is 11.9 Å². The number of rotatable bonds is 7. The molecule has 0 spiro atoms. The number of anilines is 2. The van der Waals surface area contributed by atoms with Crippen molar-refractivity contribution in [2.24, 2.45) is 0 Å². The predicted molar refractivity (Wildman–Crippen MR) is 138 cm³/mol. The quantitative estimate of drug-likeness (QED) is 0.219. The highest BCUT2D eigenvalue weighted by molar-refractivity contribution is 9.09. The van der Waals surface area contributed by atoms with E-state index in [1.165, 1.54) is 19.2 Å².